The maximum Gasteiger partial charge on any atom is 0.119 e. The minimum absolute atomic E-state index is 0.0867. The maximum absolute atomic E-state index is 5.81. The number of hydrogen-bond donors (Lipinski definition) is 0. The summed E-state index contributed by atoms with van der Waals surface area (Å²) in [5, 5.41) is 0. The van der Waals surface area contributed by atoms with Gasteiger partial charge in [0.25, 0.3) is 0 Å². The van der Waals surface area contributed by atoms with Crippen LogP contribution < -0.4 is 4.74 Å². The molecule has 126 valence electrons. The van der Waals surface area contributed by atoms with E-state index >= 15 is 0 Å². The molecule has 0 bridgehead atoms. The van der Waals surface area contributed by atoms with Gasteiger partial charge >= 0.3 is 0 Å². The van der Waals surface area contributed by atoms with Crippen LogP contribution in [0.15, 0.2) is 48.5 Å². The van der Waals surface area contributed by atoms with Crippen LogP contribution in [-0.2, 0) is 14.2 Å². The normalized spacial score (nSPS) is 22.9. The molecule has 0 aliphatic carbocycles. The van der Waals surface area contributed by atoms with E-state index in [2.05, 4.69) is 43.3 Å². The Hall–Kier alpha value is -1.88. The summed E-state index contributed by atoms with van der Waals surface area (Å²) in [4.78, 5) is 0. The van der Waals surface area contributed by atoms with Crippen molar-refractivity contribution in [3.05, 3.63) is 54.1 Å². The Labute approximate surface area is 142 Å². The van der Waals surface area contributed by atoms with E-state index in [4.69, 9.17) is 18.9 Å². The van der Waals surface area contributed by atoms with E-state index in [9.17, 15) is 0 Å². The predicted molar refractivity (Wildman–Crippen MR) is 91.2 cm³/mol. The Morgan fingerprint density at radius 1 is 0.875 bits per heavy atom. The number of epoxide rings is 2. The topological polar surface area (TPSA) is 43.5 Å². The molecule has 2 aliphatic rings. The smallest absolute Gasteiger partial charge is 0.119 e. The molecule has 0 spiro atoms. The van der Waals surface area contributed by atoms with Crippen LogP contribution in [-0.4, -0.2) is 38.6 Å². The van der Waals surface area contributed by atoms with Crippen LogP contribution in [0.3, 0.4) is 0 Å². The van der Waals surface area contributed by atoms with Crippen LogP contribution in [0.4, 0.5) is 0 Å². The van der Waals surface area contributed by atoms with Crippen molar-refractivity contribution in [3.8, 4) is 16.9 Å². The van der Waals surface area contributed by atoms with E-state index in [-0.39, 0.29) is 12.2 Å². The molecule has 2 aromatic carbocycles. The first kappa shape index (κ1) is 15.6. The Balaban J connectivity index is 1.36. The monoisotopic (exact) mass is 326 g/mol. The Kier molecular flexibility index (Phi) is 4.52. The third-order valence-corrected chi connectivity index (χ3v) is 4.34. The second kappa shape index (κ2) is 6.93. The van der Waals surface area contributed by atoms with E-state index in [0.717, 1.165) is 19.0 Å². The Morgan fingerprint density at radius 3 is 2.00 bits per heavy atom. The van der Waals surface area contributed by atoms with Gasteiger partial charge in [-0.05, 0) is 35.7 Å². The van der Waals surface area contributed by atoms with Gasteiger partial charge in [0, 0.05) is 0 Å². The molecule has 4 rings (SSSR count). The van der Waals surface area contributed by atoms with E-state index in [1.165, 1.54) is 16.7 Å². The summed E-state index contributed by atoms with van der Waals surface area (Å²) in [5.74, 6) is 0.884. The molecule has 4 heteroatoms. The van der Waals surface area contributed by atoms with Gasteiger partial charge in [-0.15, -0.1) is 0 Å². The lowest BCUT2D eigenvalue weighted by atomic mass is 10.0. The van der Waals surface area contributed by atoms with Crippen LogP contribution in [0, 0.1) is 0 Å². The lowest BCUT2D eigenvalue weighted by molar-refractivity contribution is 0.0540. The molecule has 2 saturated heterocycles. The van der Waals surface area contributed by atoms with Crippen LogP contribution in [0.5, 0.6) is 5.75 Å². The van der Waals surface area contributed by atoms with Crippen molar-refractivity contribution < 1.29 is 18.9 Å². The molecule has 3 unspecified atom stereocenters. The summed E-state index contributed by atoms with van der Waals surface area (Å²) < 4.78 is 21.8. The summed E-state index contributed by atoms with van der Waals surface area (Å²) >= 11 is 0. The van der Waals surface area contributed by atoms with Crippen molar-refractivity contribution in [3.63, 3.8) is 0 Å². The fourth-order valence-corrected chi connectivity index (χ4v) is 2.56. The maximum atomic E-state index is 5.81. The van der Waals surface area contributed by atoms with Crippen LogP contribution >= 0.6 is 0 Å². The molecule has 2 heterocycles. The van der Waals surface area contributed by atoms with E-state index in [0.29, 0.717) is 19.3 Å². The molecule has 2 fully saturated rings. The van der Waals surface area contributed by atoms with Crippen LogP contribution in [0.1, 0.15) is 18.6 Å². The molecule has 3 atom stereocenters. The summed E-state index contributed by atoms with van der Waals surface area (Å²) in [6.45, 7) is 5.04. The minimum Gasteiger partial charge on any atom is -0.491 e. The highest BCUT2D eigenvalue weighted by atomic mass is 16.6. The standard InChI is InChI=1S/C20H22O4/c1-14(21-10-19-12-23-19)15-2-4-16(5-3-15)17-6-8-18(9-7-17)22-11-20-13-24-20/h2-9,14,19-20H,10-13H2,1H3. The van der Waals surface area contributed by atoms with Gasteiger partial charge in [-0.3, -0.25) is 0 Å². The fraction of sp³-hybridized carbons (Fsp3) is 0.400. The van der Waals surface area contributed by atoms with Crippen LogP contribution in [0.2, 0.25) is 0 Å². The molecule has 0 N–H and O–H groups in total. The molecule has 0 amide bonds. The van der Waals surface area contributed by atoms with Crippen LogP contribution in [0.25, 0.3) is 11.1 Å². The van der Waals surface area contributed by atoms with Crippen molar-refractivity contribution >= 4 is 0 Å². The second-order valence-electron chi connectivity index (χ2n) is 6.34. The molecule has 2 aromatic rings. The van der Waals surface area contributed by atoms with Gasteiger partial charge in [0.15, 0.2) is 0 Å². The zero-order chi connectivity index (χ0) is 16.4. The van der Waals surface area contributed by atoms with Gasteiger partial charge in [-0.2, -0.15) is 0 Å². The number of benzene rings is 2. The van der Waals surface area contributed by atoms with Crippen molar-refractivity contribution in [2.45, 2.75) is 25.2 Å². The van der Waals surface area contributed by atoms with Gasteiger partial charge in [0.2, 0.25) is 0 Å². The number of hydrogen-bond acceptors (Lipinski definition) is 4. The van der Waals surface area contributed by atoms with Gasteiger partial charge < -0.3 is 18.9 Å². The minimum atomic E-state index is 0.0867. The van der Waals surface area contributed by atoms with Gasteiger partial charge in [0.05, 0.1) is 25.9 Å². The Morgan fingerprint density at radius 2 is 1.42 bits per heavy atom. The van der Waals surface area contributed by atoms with E-state index in [1.807, 2.05) is 12.1 Å². The second-order valence-corrected chi connectivity index (χ2v) is 6.34. The lowest BCUT2D eigenvalue weighted by Gasteiger charge is -2.13. The van der Waals surface area contributed by atoms with Crippen molar-refractivity contribution in [1.29, 1.82) is 0 Å². The highest BCUT2D eigenvalue weighted by molar-refractivity contribution is 5.64. The molecular formula is C20H22O4. The molecule has 0 radical (unpaired) electrons. The van der Waals surface area contributed by atoms with E-state index < -0.39 is 0 Å². The third kappa shape index (κ3) is 4.15. The van der Waals surface area contributed by atoms with Crippen molar-refractivity contribution in [2.24, 2.45) is 0 Å². The first-order valence-electron chi connectivity index (χ1n) is 8.46. The number of rotatable bonds is 8. The highest BCUT2D eigenvalue weighted by Crippen LogP contribution is 2.26. The average molecular weight is 326 g/mol. The van der Waals surface area contributed by atoms with Crippen molar-refractivity contribution in [1.82, 2.24) is 0 Å². The number of ether oxygens (including phenoxy) is 4. The zero-order valence-corrected chi connectivity index (χ0v) is 13.8. The SMILES string of the molecule is CC(OCC1CO1)c1ccc(-c2ccc(OCC3CO3)cc2)cc1. The van der Waals surface area contributed by atoms with Crippen molar-refractivity contribution in [2.75, 3.05) is 26.4 Å². The molecule has 24 heavy (non-hydrogen) atoms. The zero-order valence-electron chi connectivity index (χ0n) is 13.8. The molecular weight excluding hydrogens is 304 g/mol. The van der Waals surface area contributed by atoms with Gasteiger partial charge in [0.1, 0.15) is 24.6 Å². The van der Waals surface area contributed by atoms with Gasteiger partial charge in [-0.25, -0.2) is 0 Å². The quantitative estimate of drug-likeness (QED) is 0.695. The molecule has 2 aliphatic heterocycles. The molecule has 0 saturated carbocycles. The molecule has 4 nitrogen and oxygen atoms in total. The first-order valence-corrected chi connectivity index (χ1v) is 8.46. The lowest BCUT2D eigenvalue weighted by Crippen LogP contribution is -2.06. The first-order chi connectivity index (χ1) is 11.8. The summed E-state index contributed by atoms with van der Waals surface area (Å²) in [6, 6.07) is 16.7. The highest BCUT2D eigenvalue weighted by Gasteiger charge is 2.24. The third-order valence-electron chi connectivity index (χ3n) is 4.34. The average Bonchev–Trinajstić information content (AvgIpc) is 3.53. The Bertz CT molecular complexity index is 657. The molecule has 0 aromatic heterocycles. The largest absolute Gasteiger partial charge is 0.491 e. The summed E-state index contributed by atoms with van der Waals surface area (Å²) in [5.41, 5.74) is 3.55. The summed E-state index contributed by atoms with van der Waals surface area (Å²) in [6.07, 6.45) is 0.676. The predicted octanol–water partition coefficient (Wildman–Crippen LogP) is 3.61. The summed E-state index contributed by atoms with van der Waals surface area (Å²) in [7, 11) is 0. The van der Waals surface area contributed by atoms with E-state index in [1.54, 1.807) is 0 Å². The van der Waals surface area contributed by atoms with Gasteiger partial charge in [-0.1, -0.05) is 36.4 Å². The fourth-order valence-electron chi connectivity index (χ4n) is 2.56.